The first-order valence-electron chi connectivity index (χ1n) is 7.05. The van der Waals surface area contributed by atoms with Crippen LogP contribution in [0.2, 0.25) is 0 Å². The highest BCUT2D eigenvalue weighted by Gasteiger charge is 2.09. The highest BCUT2D eigenvalue weighted by Crippen LogP contribution is 2.08. The molecular formula is C15H27N3. The lowest BCUT2D eigenvalue weighted by Gasteiger charge is -2.25. The molecule has 0 saturated heterocycles. The van der Waals surface area contributed by atoms with Crippen LogP contribution in [0.3, 0.4) is 0 Å². The van der Waals surface area contributed by atoms with E-state index in [1.807, 2.05) is 6.20 Å². The van der Waals surface area contributed by atoms with Crippen molar-refractivity contribution in [3.8, 4) is 0 Å². The molecule has 18 heavy (non-hydrogen) atoms. The molecule has 0 aromatic carbocycles. The largest absolute Gasteiger partial charge is 0.313 e. The van der Waals surface area contributed by atoms with Crippen molar-refractivity contribution < 1.29 is 0 Å². The van der Waals surface area contributed by atoms with Crippen LogP contribution in [0.5, 0.6) is 0 Å². The van der Waals surface area contributed by atoms with E-state index in [4.69, 9.17) is 0 Å². The lowest BCUT2D eigenvalue weighted by Crippen LogP contribution is -2.31. The van der Waals surface area contributed by atoms with Crippen molar-refractivity contribution in [2.24, 2.45) is 0 Å². The van der Waals surface area contributed by atoms with Crippen molar-refractivity contribution in [2.75, 3.05) is 13.1 Å². The molecule has 1 N–H and O–H groups in total. The average molecular weight is 249 g/mol. The molecule has 0 fully saturated rings. The van der Waals surface area contributed by atoms with Crippen LogP contribution in [0.4, 0.5) is 0 Å². The highest BCUT2D eigenvalue weighted by molar-refractivity contribution is 5.14. The van der Waals surface area contributed by atoms with Gasteiger partial charge in [0.1, 0.15) is 0 Å². The fourth-order valence-corrected chi connectivity index (χ4v) is 1.94. The molecule has 1 aromatic rings. The summed E-state index contributed by atoms with van der Waals surface area (Å²) in [5, 5.41) is 3.31. The van der Waals surface area contributed by atoms with Gasteiger partial charge in [0.05, 0.1) is 5.69 Å². The molecule has 0 radical (unpaired) electrons. The lowest BCUT2D eigenvalue weighted by atomic mass is 10.2. The molecule has 0 unspecified atom stereocenters. The number of rotatable bonds is 8. The summed E-state index contributed by atoms with van der Waals surface area (Å²) < 4.78 is 0. The van der Waals surface area contributed by atoms with Crippen molar-refractivity contribution in [3.63, 3.8) is 0 Å². The van der Waals surface area contributed by atoms with Crippen molar-refractivity contribution >= 4 is 0 Å². The van der Waals surface area contributed by atoms with Crippen LogP contribution in [0, 0.1) is 0 Å². The van der Waals surface area contributed by atoms with Crippen LogP contribution in [0.15, 0.2) is 18.3 Å². The molecule has 0 bridgehead atoms. The number of hydrogen-bond donors (Lipinski definition) is 1. The second-order valence-corrected chi connectivity index (χ2v) is 5.00. The molecule has 0 aliphatic rings. The van der Waals surface area contributed by atoms with Crippen molar-refractivity contribution in [3.05, 3.63) is 29.6 Å². The van der Waals surface area contributed by atoms with Gasteiger partial charge in [-0.15, -0.1) is 0 Å². The fourth-order valence-electron chi connectivity index (χ4n) is 1.94. The Morgan fingerprint density at radius 1 is 1.28 bits per heavy atom. The molecule has 0 aliphatic heterocycles. The monoisotopic (exact) mass is 249 g/mol. The molecule has 3 nitrogen and oxygen atoms in total. The van der Waals surface area contributed by atoms with Gasteiger partial charge in [-0.2, -0.15) is 0 Å². The fraction of sp³-hybridized carbons (Fsp3) is 0.667. The number of pyridine rings is 1. The van der Waals surface area contributed by atoms with Gasteiger partial charge in [0, 0.05) is 25.3 Å². The first kappa shape index (κ1) is 15.1. The Morgan fingerprint density at radius 2 is 2.06 bits per heavy atom. The predicted octanol–water partition coefficient (Wildman–Crippen LogP) is 2.81. The normalized spacial score (nSPS) is 11.4. The number of aromatic nitrogens is 1. The summed E-state index contributed by atoms with van der Waals surface area (Å²) in [7, 11) is 0. The van der Waals surface area contributed by atoms with Crippen LogP contribution in [-0.4, -0.2) is 29.0 Å². The van der Waals surface area contributed by atoms with Gasteiger partial charge in [0.25, 0.3) is 0 Å². The second kappa shape index (κ2) is 8.22. The summed E-state index contributed by atoms with van der Waals surface area (Å²) in [6, 6.07) is 4.90. The highest BCUT2D eigenvalue weighted by atomic mass is 15.1. The molecule has 1 rings (SSSR count). The van der Waals surface area contributed by atoms with E-state index in [1.54, 1.807) is 0 Å². The zero-order valence-electron chi connectivity index (χ0n) is 12.2. The summed E-state index contributed by atoms with van der Waals surface area (Å²) in [6.45, 7) is 12.8. The summed E-state index contributed by atoms with van der Waals surface area (Å²) in [5.41, 5.74) is 2.42. The Labute approximate surface area is 112 Å². The number of nitrogens with zero attached hydrogens (tertiary/aromatic N) is 2. The lowest BCUT2D eigenvalue weighted by molar-refractivity contribution is 0.211. The molecule has 1 heterocycles. The Hall–Kier alpha value is -0.930. The van der Waals surface area contributed by atoms with Crippen molar-refractivity contribution in [1.29, 1.82) is 0 Å². The molecule has 0 saturated carbocycles. The van der Waals surface area contributed by atoms with Crippen molar-refractivity contribution in [1.82, 2.24) is 15.2 Å². The standard InChI is InChI=1S/C15H27N3/c1-5-9-18(13(3)4)12-15-8-7-14(11-17-15)10-16-6-2/h7-8,11,13,16H,5-6,9-10,12H2,1-4H3. The van der Waals surface area contributed by atoms with Crippen LogP contribution in [0.25, 0.3) is 0 Å². The maximum atomic E-state index is 4.55. The molecule has 3 heteroatoms. The van der Waals surface area contributed by atoms with Gasteiger partial charge >= 0.3 is 0 Å². The quantitative estimate of drug-likeness (QED) is 0.768. The third kappa shape index (κ3) is 5.15. The Bertz CT molecular complexity index is 319. The molecule has 102 valence electrons. The van der Waals surface area contributed by atoms with E-state index in [0.29, 0.717) is 6.04 Å². The topological polar surface area (TPSA) is 28.2 Å². The van der Waals surface area contributed by atoms with E-state index < -0.39 is 0 Å². The Morgan fingerprint density at radius 3 is 2.56 bits per heavy atom. The molecule has 0 spiro atoms. The first-order chi connectivity index (χ1) is 8.67. The minimum Gasteiger partial charge on any atom is -0.313 e. The van der Waals surface area contributed by atoms with Crippen LogP contribution in [0.1, 0.15) is 45.4 Å². The van der Waals surface area contributed by atoms with E-state index in [0.717, 1.165) is 31.9 Å². The third-order valence-corrected chi connectivity index (χ3v) is 3.07. The van der Waals surface area contributed by atoms with Gasteiger partial charge in [0.15, 0.2) is 0 Å². The molecule has 1 aromatic heterocycles. The maximum absolute atomic E-state index is 4.55. The third-order valence-electron chi connectivity index (χ3n) is 3.07. The Balaban J connectivity index is 2.55. The number of hydrogen-bond acceptors (Lipinski definition) is 3. The Kier molecular flexibility index (Phi) is 6.91. The summed E-state index contributed by atoms with van der Waals surface area (Å²) in [5.74, 6) is 0. The molecule has 0 aliphatic carbocycles. The summed E-state index contributed by atoms with van der Waals surface area (Å²) >= 11 is 0. The van der Waals surface area contributed by atoms with E-state index in [-0.39, 0.29) is 0 Å². The zero-order valence-corrected chi connectivity index (χ0v) is 12.2. The molecular weight excluding hydrogens is 222 g/mol. The average Bonchev–Trinajstić information content (AvgIpc) is 2.37. The first-order valence-corrected chi connectivity index (χ1v) is 7.05. The SMILES string of the molecule is CCCN(Cc1ccc(CNCC)cn1)C(C)C. The van der Waals surface area contributed by atoms with E-state index >= 15 is 0 Å². The van der Waals surface area contributed by atoms with Gasteiger partial charge in [-0.25, -0.2) is 0 Å². The van der Waals surface area contributed by atoms with Gasteiger partial charge in [-0.05, 0) is 45.0 Å². The van der Waals surface area contributed by atoms with Crippen molar-refractivity contribution in [2.45, 2.75) is 53.2 Å². The number of nitrogens with one attached hydrogen (secondary N) is 1. The van der Waals surface area contributed by atoms with E-state index in [1.165, 1.54) is 12.0 Å². The summed E-state index contributed by atoms with van der Waals surface area (Å²) in [6.07, 6.45) is 3.18. The van der Waals surface area contributed by atoms with Gasteiger partial charge in [0.2, 0.25) is 0 Å². The van der Waals surface area contributed by atoms with Gasteiger partial charge in [-0.3, -0.25) is 9.88 Å². The zero-order chi connectivity index (χ0) is 13.4. The van der Waals surface area contributed by atoms with Crippen LogP contribution < -0.4 is 5.32 Å². The second-order valence-electron chi connectivity index (χ2n) is 5.00. The van der Waals surface area contributed by atoms with E-state index in [9.17, 15) is 0 Å². The van der Waals surface area contributed by atoms with Crippen LogP contribution >= 0.6 is 0 Å². The minimum absolute atomic E-state index is 0.577. The smallest absolute Gasteiger partial charge is 0.0544 e. The molecule has 0 amide bonds. The van der Waals surface area contributed by atoms with Crippen LogP contribution in [-0.2, 0) is 13.1 Å². The van der Waals surface area contributed by atoms with Gasteiger partial charge < -0.3 is 5.32 Å². The summed E-state index contributed by atoms with van der Waals surface area (Å²) in [4.78, 5) is 7.02. The van der Waals surface area contributed by atoms with E-state index in [2.05, 4.69) is 55.0 Å². The maximum Gasteiger partial charge on any atom is 0.0544 e. The van der Waals surface area contributed by atoms with Gasteiger partial charge in [-0.1, -0.05) is 19.9 Å². The molecule has 0 atom stereocenters. The minimum atomic E-state index is 0.577. The predicted molar refractivity (Wildman–Crippen MR) is 77.5 cm³/mol.